The summed E-state index contributed by atoms with van der Waals surface area (Å²) in [6, 6.07) is 0. The van der Waals surface area contributed by atoms with Gasteiger partial charge in [0.05, 0.1) is 0 Å². The summed E-state index contributed by atoms with van der Waals surface area (Å²) >= 11 is 0. The normalized spacial score (nSPS) is 13.5. The number of unbranched alkanes of at least 4 members (excludes halogenated alkanes) is 8. The monoisotopic (exact) mass is 975 g/mol. The summed E-state index contributed by atoms with van der Waals surface area (Å²) in [7, 11) is 0. The van der Waals surface area contributed by atoms with Gasteiger partial charge in [-0.1, -0.05) is 223 Å². The summed E-state index contributed by atoms with van der Waals surface area (Å²) in [4.78, 5) is 38.1. The van der Waals surface area contributed by atoms with E-state index >= 15 is 0 Å². The van der Waals surface area contributed by atoms with Crippen LogP contribution in [0.4, 0.5) is 0 Å². The average Bonchev–Trinajstić information content (AvgIpc) is 3.37. The highest BCUT2D eigenvalue weighted by atomic mass is 16.6. The molecule has 0 amide bonds. The Labute approximate surface area is 434 Å². The third-order valence-electron chi connectivity index (χ3n) is 10.7. The van der Waals surface area contributed by atoms with Crippen molar-refractivity contribution < 1.29 is 28.6 Å². The van der Waals surface area contributed by atoms with Crippen LogP contribution in [-0.2, 0) is 28.6 Å². The van der Waals surface area contributed by atoms with Crippen molar-refractivity contribution in [2.45, 2.75) is 207 Å². The quantitative estimate of drug-likeness (QED) is 0.0262. The first-order chi connectivity index (χ1) is 35.0. The van der Waals surface area contributed by atoms with Crippen LogP contribution in [0, 0.1) is 0 Å². The third-order valence-corrected chi connectivity index (χ3v) is 10.7. The van der Waals surface area contributed by atoms with Crippen molar-refractivity contribution in [2.75, 3.05) is 13.2 Å². The van der Waals surface area contributed by atoms with Crippen LogP contribution >= 0.6 is 0 Å². The number of hydrogen-bond acceptors (Lipinski definition) is 6. The maximum atomic E-state index is 12.8. The maximum Gasteiger partial charge on any atom is 0.306 e. The Bertz CT molecular complexity index is 1690. The zero-order chi connectivity index (χ0) is 51.4. The van der Waals surface area contributed by atoms with E-state index in [-0.39, 0.29) is 38.0 Å². The molecule has 0 bridgehead atoms. The number of hydrogen-bond donors (Lipinski definition) is 0. The van der Waals surface area contributed by atoms with Gasteiger partial charge in [0.1, 0.15) is 13.2 Å². The molecule has 71 heavy (non-hydrogen) atoms. The lowest BCUT2D eigenvalue weighted by molar-refractivity contribution is -0.166. The zero-order valence-corrected chi connectivity index (χ0v) is 44.9. The molecule has 0 heterocycles. The first-order valence-corrected chi connectivity index (χ1v) is 27.6. The van der Waals surface area contributed by atoms with Crippen LogP contribution in [0.25, 0.3) is 0 Å². The Hall–Kier alpha value is -5.23. The Balaban J connectivity index is 4.68. The Morgan fingerprint density at radius 1 is 0.296 bits per heavy atom. The minimum atomic E-state index is -0.865. The molecule has 0 N–H and O–H groups in total. The summed E-state index contributed by atoms with van der Waals surface area (Å²) < 4.78 is 16.7. The van der Waals surface area contributed by atoms with E-state index in [9.17, 15) is 14.4 Å². The Morgan fingerprint density at radius 3 is 0.944 bits per heavy atom. The highest BCUT2D eigenvalue weighted by molar-refractivity contribution is 5.71. The second-order valence-corrected chi connectivity index (χ2v) is 17.4. The highest BCUT2D eigenvalue weighted by Crippen LogP contribution is 2.11. The summed E-state index contributed by atoms with van der Waals surface area (Å²) in [5, 5.41) is 0. The molecule has 0 aromatic heterocycles. The first kappa shape index (κ1) is 65.8. The van der Waals surface area contributed by atoms with Gasteiger partial charge >= 0.3 is 17.9 Å². The van der Waals surface area contributed by atoms with Crippen molar-refractivity contribution in [1.29, 1.82) is 0 Å². The van der Waals surface area contributed by atoms with Gasteiger partial charge in [0.2, 0.25) is 0 Å². The van der Waals surface area contributed by atoms with Crippen LogP contribution in [0.1, 0.15) is 201 Å². The van der Waals surface area contributed by atoms with Crippen LogP contribution < -0.4 is 0 Å². The predicted molar refractivity (Wildman–Crippen MR) is 306 cm³/mol. The Kier molecular flexibility index (Phi) is 53.1. The van der Waals surface area contributed by atoms with Crippen LogP contribution in [0.15, 0.2) is 170 Å². The van der Waals surface area contributed by atoms with Gasteiger partial charge in [-0.3, -0.25) is 14.4 Å². The Morgan fingerprint density at radius 2 is 0.577 bits per heavy atom. The van der Waals surface area contributed by atoms with Crippen LogP contribution in [0.5, 0.6) is 0 Å². The lowest BCUT2D eigenvalue weighted by Gasteiger charge is -2.18. The average molecular weight is 975 g/mol. The highest BCUT2D eigenvalue weighted by Gasteiger charge is 2.19. The molecule has 0 unspecified atom stereocenters. The summed E-state index contributed by atoms with van der Waals surface area (Å²) in [6.07, 6.45) is 85.0. The van der Waals surface area contributed by atoms with Gasteiger partial charge in [0, 0.05) is 19.3 Å². The van der Waals surface area contributed by atoms with Crippen LogP contribution in [0.2, 0.25) is 0 Å². The molecule has 0 aliphatic carbocycles. The molecule has 1 atom stereocenters. The topological polar surface area (TPSA) is 78.9 Å². The standard InChI is InChI=1S/C65H98O6/c1-4-7-10-13-16-19-22-25-28-30-32-34-37-40-43-46-49-52-55-58-64(67)70-61-62(60-69-63(66)57-54-51-48-45-42-39-36-27-24-21-18-15-12-9-6-3)71-65(68)59-56-53-50-47-44-41-38-35-33-31-29-26-23-20-17-14-11-8-5-2/h7,9-10,12,16-21,25-29,32-36,40-41,43-44,49-50,52-53,62H,4-6,8,11,13-15,22-24,30-31,37-39,42,45-48,51,54-61H2,1-3H3/b10-7-,12-9-,19-16-,20-17-,21-18-,28-25-,29-26-,34-32-,35-33-,36-27-,43-40-,44-41-,52-49-,53-50-/t62-/m0/s1. The number of esters is 3. The first-order valence-electron chi connectivity index (χ1n) is 27.6. The molecule has 0 radical (unpaired) electrons. The molecule has 0 saturated heterocycles. The van der Waals surface area contributed by atoms with E-state index in [0.29, 0.717) is 19.3 Å². The number of rotatable bonds is 47. The van der Waals surface area contributed by atoms with Crippen molar-refractivity contribution in [1.82, 2.24) is 0 Å². The van der Waals surface area contributed by atoms with E-state index in [1.165, 1.54) is 25.7 Å². The largest absolute Gasteiger partial charge is 0.462 e. The van der Waals surface area contributed by atoms with Crippen molar-refractivity contribution in [3.05, 3.63) is 170 Å². The third kappa shape index (κ3) is 55.6. The van der Waals surface area contributed by atoms with Crippen molar-refractivity contribution in [3.63, 3.8) is 0 Å². The van der Waals surface area contributed by atoms with Gasteiger partial charge < -0.3 is 14.2 Å². The molecule has 394 valence electrons. The number of carbonyl (C=O) groups excluding carboxylic acids is 3. The molecule has 0 aliphatic heterocycles. The molecule has 0 spiro atoms. The van der Waals surface area contributed by atoms with Crippen molar-refractivity contribution >= 4 is 17.9 Å². The van der Waals surface area contributed by atoms with Crippen molar-refractivity contribution in [2.24, 2.45) is 0 Å². The van der Waals surface area contributed by atoms with E-state index in [1.807, 2.05) is 24.3 Å². The van der Waals surface area contributed by atoms with Gasteiger partial charge in [-0.25, -0.2) is 0 Å². The molecule has 0 aliphatic rings. The van der Waals surface area contributed by atoms with E-state index in [1.54, 1.807) is 0 Å². The number of carbonyl (C=O) groups is 3. The minimum absolute atomic E-state index is 0.149. The van der Waals surface area contributed by atoms with Gasteiger partial charge in [0.15, 0.2) is 6.10 Å². The molecular formula is C65H98O6. The summed E-state index contributed by atoms with van der Waals surface area (Å²) in [6.45, 7) is 6.22. The lowest BCUT2D eigenvalue weighted by Crippen LogP contribution is -2.30. The number of allylic oxidation sites excluding steroid dienone is 28. The van der Waals surface area contributed by atoms with Crippen LogP contribution in [0.3, 0.4) is 0 Å². The molecule has 0 fully saturated rings. The smallest absolute Gasteiger partial charge is 0.306 e. The van der Waals surface area contributed by atoms with Crippen molar-refractivity contribution in [3.8, 4) is 0 Å². The van der Waals surface area contributed by atoms with Crippen LogP contribution in [-0.4, -0.2) is 37.2 Å². The molecule has 0 rings (SSSR count). The van der Waals surface area contributed by atoms with Gasteiger partial charge in [0.25, 0.3) is 0 Å². The molecule has 6 nitrogen and oxygen atoms in total. The number of ether oxygens (including phenoxy) is 3. The van der Waals surface area contributed by atoms with Gasteiger partial charge in [-0.05, 0) is 128 Å². The van der Waals surface area contributed by atoms with E-state index in [2.05, 4.69) is 167 Å². The fraction of sp³-hybridized carbons (Fsp3) is 0.523. The van der Waals surface area contributed by atoms with Gasteiger partial charge in [-0.2, -0.15) is 0 Å². The van der Waals surface area contributed by atoms with E-state index in [4.69, 9.17) is 14.2 Å². The zero-order valence-electron chi connectivity index (χ0n) is 44.9. The lowest BCUT2D eigenvalue weighted by atomic mass is 10.1. The van der Waals surface area contributed by atoms with Gasteiger partial charge in [-0.15, -0.1) is 0 Å². The molecule has 0 aromatic rings. The SMILES string of the molecule is CC/C=C\C/C=C\C/C=C\C/C=C\C/C=C\C/C=C\CCC(=O)OC[C@H](COC(=O)CCCCCCC/C=C\C/C=C\C/C=C\CC)OC(=O)CC/C=C\C/C=C\C/C=C\C/C=C\C/C=C\CCCCC. The summed E-state index contributed by atoms with van der Waals surface area (Å²) in [5.41, 5.74) is 0. The molecule has 6 heteroatoms. The second kappa shape index (κ2) is 57.3. The molecule has 0 saturated carbocycles. The molecule has 0 aromatic carbocycles. The minimum Gasteiger partial charge on any atom is -0.462 e. The molecular weight excluding hydrogens is 877 g/mol. The second-order valence-electron chi connectivity index (χ2n) is 17.4. The fourth-order valence-electron chi connectivity index (χ4n) is 6.64. The van der Waals surface area contributed by atoms with E-state index < -0.39 is 12.1 Å². The van der Waals surface area contributed by atoms with E-state index in [0.717, 1.165) is 122 Å². The maximum absolute atomic E-state index is 12.8. The summed E-state index contributed by atoms with van der Waals surface area (Å²) in [5.74, 6) is -1.15. The fourth-order valence-corrected chi connectivity index (χ4v) is 6.64. The predicted octanol–water partition coefficient (Wildman–Crippen LogP) is 18.8.